The summed E-state index contributed by atoms with van der Waals surface area (Å²) in [4.78, 5) is 0. The van der Waals surface area contributed by atoms with Crippen molar-refractivity contribution in [2.75, 3.05) is 0 Å². The minimum Gasteiger partial charge on any atom is -0.204 e. The van der Waals surface area contributed by atoms with Crippen LogP contribution in [0, 0.1) is 40.4 Å². The summed E-state index contributed by atoms with van der Waals surface area (Å²) in [7, 11) is 0. The quantitative estimate of drug-likeness (QED) is 0.438. The average Bonchev–Trinajstić information content (AvgIpc) is 1.41. The SMILES string of the molecule is [CH3][Al-]([CH3])([CH3])[CH3].[CH3][Al-]([CH3])([CH3])[CH3].[CH3][Al-]([CH3])([CH3])[CH3].[Sm+3]. The molecule has 0 spiro atoms. The Hall–Kier alpha value is 2.94. The zero-order chi connectivity index (χ0) is 13.5. The molecule has 4 heteroatoms. The van der Waals surface area contributed by atoms with E-state index in [1.165, 1.54) is 0 Å². The summed E-state index contributed by atoms with van der Waals surface area (Å²) < 4.78 is 0. The maximum Gasteiger partial charge on any atom is 3.00 e. The molecule has 0 saturated carbocycles. The molecule has 0 unspecified atom stereocenters. The second-order valence-electron chi connectivity index (χ2n) is 10.4. The van der Waals surface area contributed by atoms with Crippen LogP contribution in [0.4, 0.5) is 0 Å². The van der Waals surface area contributed by atoms with Gasteiger partial charge in [0.1, 0.15) is 39.2 Å². The fraction of sp³-hybridized carbons (Fsp3) is 1.00. The van der Waals surface area contributed by atoms with Crippen molar-refractivity contribution < 1.29 is 40.4 Å². The topological polar surface area (TPSA) is 0 Å². The smallest absolute Gasteiger partial charge is 0.204 e. The van der Waals surface area contributed by atoms with Gasteiger partial charge in [-0.05, 0) is 0 Å². The Morgan fingerprint density at radius 3 is 0.312 bits per heavy atom. The average molecular weight is 412 g/mol. The van der Waals surface area contributed by atoms with Gasteiger partial charge in [0.25, 0.3) is 0 Å². The van der Waals surface area contributed by atoms with Crippen molar-refractivity contribution in [3.05, 3.63) is 0 Å². The van der Waals surface area contributed by atoms with Gasteiger partial charge >= 0.3 is 40.4 Å². The van der Waals surface area contributed by atoms with Crippen molar-refractivity contribution in [1.29, 1.82) is 0 Å². The monoisotopic (exact) mass is 413 g/mol. The molecule has 0 amide bonds. The molecule has 0 rings (SSSR count). The summed E-state index contributed by atoms with van der Waals surface area (Å²) in [5.41, 5.74) is 0. The molecular formula is C12H36Al3Sm. The molecule has 0 aromatic rings. The predicted molar refractivity (Wildman–Crippen MR) is 87.6 cm³/mol. The van der Waals surface area contributed by atoms with E-state index in [0.29, 0.717) is 0 Å². The zero-order valence-electron chi connectivity index (χ0n) is 14.1. The molecule has 0 nitrogen and oxygen atoms in total. The fourth-order valence-corrected chi connectivity index (χ4v) is 0. The molecule has 0 atom stereocenters. The van der Waals surface area contributed by atoms with Crippen molar-refractivity contribution in [1.82, 2.24) is 0 Å². The molecule has 0 heterocycles. The van der Waals surface area contributed by atoms with Crippen molar-refractivity contribution >= 4 is 39.2 Å². The summed E-state index contributed by atoms with van der Waals surface area (Å²) in [6.07, 6.45) is 0. The van der Waals surface area contributed by atoms with Crippen LogP contribution in [0.1, 0.15) is 0 Å². The molecule has 1 radical (unpaired) electrons. The van der Waals surface area contributed by atoms with Gasteiger partial charge in [-0.1, -0.05) is 0 Å². The van der Waals surface area contributed by atoms with Gasteiger partial charge in [-0.25, -0.2) is 69.4 Å². The van der Waals surface area contributed by atoms with Gasteiger partial charge in [0.05, 0.1) is 0 Å². The van der Waals surface area contributed by atoms with Crippen molar-refractivity contribution in [2.45, 2.75) is 69.4 Å². The van der Waals surface area contributed by atoms with E-state index in [1.54, 1.807) is 0 Å². The first kappa shape index (κ1) is 27.3. The van der Waals surface area contributed by atoms with Crippen LogP contribution in [-0.2, 0) is 0 Å². The first-order chi connectivity index (χ1) is 6.00. The molecule has 0 bridgehead atoms. The Morgan fingerprint density at radius 1 is 0.312 bits per heavy atom. The normalized spacial score (nSPS) is 11.2. The Morgan fingerprint density at radius 2 is 0.312 bits per heavy atom. The molecule has 0 aromatic carbocycles. The van der Waals surface area contributed by atoms with Crippen molar-refractivity contribution in [3.63, 3.8) is 0 Å². The van der Waals surface area contributed by atoms with Gasteiger partial charge < -0.3 is 0 Å². The van der Waals surface area contributed by atoms with Crippen LogP contribution in [-0.4, -0.2) is 39.2 Å². The summed E-state index contributed by atoms with van der Waals surface area (Å²) in [5, 5.41) is 0. The van der Waals surface area contributed by atoms with E-state index in [4.69, 9.17) is 0 Å². The second-order valence-corrected chi connectivity index (χ2v) is 31.2. The molecule has 0 saturated heterocycles. The Bertz CT molecular complexity index is 91.3. The summed E-state index contributed by atoms with van der Waals surface area (Å²) >= 11 is -2.50. The fourth-order valence-electron chi connectivity index (χ4n) is 0. The van der Waals surface area contributed by atoms with Gasteiger partial charge in [-0.2, -0.15) is 0 Å². The molecule has 0 fully saturated rings. The largest absolute Gasteiger partial charge is 3.00 e. The maximum absolute atomic E-state index is 2.35. The van der Waals surface area contributed by atoms with Crippen LogP contribution in [0.15, 0.2) is 0 Å². The molecule has 0 aliphatic rings. The van der Waals surface area contributed by atoms with E-state index in [0.717, 1.165) is 0 Å². The van der Waals surface area contributed by atoms with E-state index in [9.17, 15) is 0 Å². The molecule has 16 heavy (non-hydrogen) atoms. The van der Waals surface area contributed by atoms with E-state index < -0.39 is 39.2 Å². The molecule has 99 valence electrons. The van der Waals surface area contributed by atoms with Gasteiger partial charge in [0, 0.05) is 0 Å². The van der Waals surface area contributed by atoms with E-state index in [-0.39, 0.29) is 40.4 Å². The van der Waals surface area contributed by atoms with Crippen LogP contribution in [0.25, 0.3) is 0 Å². The Kier molecular flexibility index (Phi) is 20.0. The van der Waals surface area contributed by atoms with Gasteiger partial charge in [-0.15, -0.1) is 0 Å². The van der Waals surface area contributed by atoms with Gasteiger partial charge in [0.2, 0.25) is 0 Å². The summed E-state index contributed by atoms with van der Waals surface area (Å²) in [6, 6.07) is 0. The van der Waals surface area contributed by atoms with Crippen molar-refractivity contribution in [3.8, 4) is 0 Å². The van der Waals surface area contributed by atoms with Crippen LogP contribution < -0.4 is 0 Å². The second kappa shape index (κ2) is 11.7. The maximum atomic E-state index is 2.35. The summed E-state index contributed by atoms with van der Waals surface area (Å²) in [6.45, 7) is 0. The first-order valence-corrected chi connectivity index (χ1v) is 20.8. The first-order valence-electron chi connectivity index (χ1n) is 6.93. The Labute approximate surface area is 147 Å². The van der Waals surface area contributed by atoms with Crippen LogP contribution in [0.2, 0.25) is 69.4 Å². The molecule has 0 aliphatic carbocycles. The van der Waals surface area contributed by atoms with Gasteiger partial charge in [0.15, 0.2) is 0 Å². The summed E-state index contributed by atoms with van der Waals surface area (Å²) in [5.74, 6) is 28.3. The van der Waals surface area contributed by atoms with E-state index in [2.05, 4.69) is 69.4 Å². The Balaban J connectivity index is -0.0000000655. The van der Waals surface area contributed by atoms with E-state index >= 15 is 0 Å². The molecule has 0 N–H and O–H groups in total. The minimum absolute atomic E-state index is 0. The van der Waals surface area contributed by atoms with Crippen LogP contribution in [0.3, 0.4) is 0 Å². The zero-order valence-corrected chi connectivity index (χ0v) is 20.2. The van der Waals surface area contributed by atoms with E-state index in [1.807, 2.05) is 0 Å². The molecule has 0 aromatic heterocycles. The third-order valence-corrected chi connectivity index (χ3v) is 0. The van der Waals surface area contributed by atoms with Gasteiger partial charge in [-0.3, -0.25) is 0 Å². The molecule has 0 aliphatic heterocycles. The number of hydrogen-bond acceptors (Lipinski definition) is 0. The van der Waals surface area contributed by atoms with Crippen molar-refractivity contribution in [2.24, 2.45) is 0 Å². The number of rotatable bonds is 0. The minimum atomic E-state index is -0.833. The predicted octanol–water partition coefficient (Wildman–Crippen LogP) is 5.86. The standard InChI is InChI=1S/12CH3.3Al.Sm/h12*1H3;;;;/q;;;;;;;;;;;;3*-1;+3. The van der Waals surface area contributed by atoms with Crippen LogP contribution >= 0.6 is 0 Å². The third kappa shape index (κ3) is 499. The number of hydrogen-bond donors (Lipinski definition) is 0. The third-order valence-electron chi connectivity index (χ3n) is 0. The molecular weight excluding hydrogens is 375 g/mol. The van der Waals surface area contributed by atoms with Crippen LogP contribution in [0.5, 0.6) is 0 Å².